The Bertz CT molecular complexity index is 557. The van der Waals surface area contributed by atoms with Crippen LogP contribution in [0.25, 0.3) is 0 Å². The lowest BCUT2D eigenvalue weighted by Crippen LogP contribution is -1.59. The van der Waals surface area contributed by atoms with Crippen LogP contribution < -0.4 is 0 Å². The van der Waals surface area contributed by atoms with Crippen molar-refractivity contribution in [3.8, 4) is 0 Å². The fraction of sp³-hybridized carbons (Fsp3) is 0. The first-order valence-electron chi connectivity index (χ1n) is 6.81. The largest absolute Gasteiger partial charge is 0.269 e. The summed E-state index contributed by atoms with van der Waals surface area (Å²) in [5.41, 5.74) is 0. The van der Waals surface area contributed by atoms with E-state index >= 15 is 0 Å². The highest BCUT2D eigenvalue weighted by Gasteiger charge is 1.83. The molecule has 0 aliphatic carbocycles. The standard InChI is InChI=1S/3C6H5IS.3FH/c3*7-8-6-4-2-1-3-5-6;;;/h3*1-5H;3*1H. The minimum atomic E-state index is 0. The van der Waals surface area contributed by atoms with Crippen LogP contribution in [-0.4, -0.2) is 0 Å². The van der Waals surface area contributed by atoms with Crippen LogP contribution in [-0.2, 0) is 0 Å². The molecule has 0 amide bonds. The molecule has 0 aromatic heterocycles. The van der Waals surface area contributed by atoms with Gasteiger partial charge in [0.05, 0.1) is 0 Å². The number of rotatable bonds is 3. The quantitative estimate of drug-likeness (QED) is 0.244. The summed E-state index contributed by atoms with van der Waals surface area (Å²) in [6, 6.07) is 30.9. The number of benzene rings is 3. The van der Waals surface area contributed by atoms with Crippen LogP contribution in [0.2, 0.25) is 0 Å². The van der Waals surface area contributed by atoms with Gasteiger partial charge in [0, 0.05) is 78.3 Å². The zero-order chi connectivity index (χ0) is 17.5. The van der Waals surface area contributed by atoms with Crippen molar-refractivity contribution in [1.29, 1.82) is 0 Å². The molecule has 0 N–H and O–H groups in total. The van der Waals surface area contributed by atoms with Gasteiger partial charge in [0.25, 0.3) is 0 Å². The monoisotopic (exact) mass is 768 g/mol. The summed E-state index contributed by atoms with van der Waals surface area (Å²) in [4.78, 5) is 3.94. The summed E-state index contributed by atoms with van der Waals surface area (Å²) in [7, 11) is 5.22. The van der Waals surface area contributed by atoms with E-state index in [9.17, 15) is 0 Å². The smallest absolute Gasteiger partial charge is 0.0178 e. The molecule has 3 aromatic carbocycles. The predicted molar refractivity (Wildman–Crippen MR) is 146 cm³/mol. The molecular formula is C18H18F3I3S3. The maximum absolute atomic E-state index is 2.27. The van der Waals surface area contributed by atoms with Crippen LogP contribution in [0.3, 0.4) is 0 Å². The van der Waals surface area contributed by atoms with Crippen LogP contribution in [0.15, 0.2) is 106 Å². The first-order chi connectivity index (χ1) is 11.8. The van der Waals surface area contributed by atoms with Crippen molar-refractivity contribution in [2.24, 2.45) is 0 Å². The van der Waals surface area contributed by atoms with Gasteiger partial charge in [-0.3, -0.25) is 14.1 Å². The molecule has 0 nitrogen and oxygen atoms in total. The molecule has 9 heteroatoms. The molecule has 0 spiro atoms. The lowest BCUT2D eigenvalue weighted by molar-refractivity contribution is 1.11. The van der Waals surface area contributed by atoms with Gasteiger partial charge in [-0.25, -0.2) is 0 Å². The summed E-state index contributed by atoms with van der Waals surface area (Å²) in [5, 5.41) is 0. The summed E-state index contributed by atoms with van der Waals surface area (Å²) in [6.45, 7) is 0. The molecule has 150 valence electrons. The molecular weight excluding hydrogens is 750 g/mol. The summed E-state index contributed by atoms with van der Waals surface area (Å²) >= 11 is 6.81. The third-order valence-electron chi connectivity index (χ3n) is 2.50. The van der Waals surface area contributed by atoms with Gasteiger partial charge in [-0.2, -0.15) is 0 Å². The van der Waals surface area contributed by atoms with E-state index in [4.69, 9.17) is 0 Å². The molecule has 0 bridgehead atoms. The fourth-order valence-electron chi connectivity index (χ4n) is 1.42. The van der Waals surface area contributed by atoms with Gasteiger partial charge < -0.3 is 0 Å². The average Bonchev–Trinajstić information content (AvgIpc) is 2.71. The summed E-state index contributed by atoms with van der Waals surface area (Å²) in [6.07, 6.45) is 0. The Balaban J connectivity index is -0.000000303. The molecule has 0 atom stereocenters. The number of hydrogen-bond acceptors (Lipinski definition) is 3. The topological polar surface area (TPSA) is 0 Å². The Morgan fingerprint density at radius 3 is 0.667 bits per heavy atom. The van der Waals surface area contributed by atoms with Gasteiger partial charge in [0.2, 0.25) is 0 Å². The van der Waals surface area contributed by atoms with Crippen LogP contribution in [0, 0.1) is 0 Å². The Hall–Kier alpha value is 0.690. The Kier molecular flexibility index (Phi) is 27.5. The minimum absolute atomic E-state index is 0. The van der Waals surface area contributed by atoms with Gasteiger partial charge in [-0.05, 0) is 36.4 Å². The zero-order valence-corrected chi connectivity index (χ0v) is 22.7. The van der Waals surface area contributed by atoms with Gasteiger partial charge in [0.1, 0.15) is 0 Å². The van der Waals surface area contributed by atoms with Crippen LogP contribution in [0.4, 0.5) is 14.1 Å². The van der Waals surface area contributed by atoms with Gasteiger partial charge in [-0.15, -0.1) is 0 Å². The molecule has 3 aromatic rings. The molecule has 0 saturated heterocycles. The number of hydrogen-bond donors (Lipinski definition) is 0. The van der Waals surface area contributed by atoms with E-state index < -0.39 is 0 Å². The third-order valence-corrected chi connectivity index (χ3v) is 8.42. The normalized spacial score (nSPS) is 8.11. The highest BCUT2D eigenvalue weighted by molar-refractivity contribution is 14.2. The predicted octanol–water partition coefficient (Wildman–Crippen LogP) is 9.84. The van der Waals surface area contributed by atoms with E-state index in [2.05, 4.69) is 100 Å². The Morgan fingerprint density at radius 1 is 0.370 bits per heavy atom. The summed E-state index contributed by atoms with van der Waals surface area (Å²) in [5.74, 6) is 0. The van der Waals surface area contributed by atoms with E-state index in [-0.39, 0.29) is 14.1 Å². The molecule has 3 rings (SSSR count). The summed E-state index contributed by atoms with van der Waals surface area (Å²) < 4.78 is 0. The lowest BCUT2D eigenvalue weighted by Gasteiger charge is -1.87. The maximum Gasteiger partial charge on any atom is 0.0178 e. The van der Waals surface area contributed by atoms with E-state index in [0.29, 0.717) is 0 Å². The first-order valence-corrected chi connectivity index (χ1v) is 16.9. The van der Waals surface area contributed by atoms with Gasteiger partial charge in [-0.1, -0.05) is 81.4 Å². The molecule has 0 aliphatic heterocycles. The van der Waals surface area contributed by atoms with Gasteiger partial charge in [0.15, 0.2) is 0 Å². The van der Waals surface area contributed by atoms with E-state index in [1.165, 1.54) is 14.7 Å². The average molecular weight is 768 g/mol. The van der Waals surface area contributed by atoms with Crippen molar-refractivity contribution in [3.63, 3.8) is 0 Å². The van der Waals surface area contributed by atoms with Crippen LogP contribution in [0.5, 0.6) is 0 Å². The molecule has 0 fully saturated rings. The van der Waals surface area contributed by atoms with Crippen LogP contribution >= 0.6 is 90.4 Å². The second-order valence-electron chi connectivity index (χ2n) is 4.17. The maximum atomic E-state index is 2.27. The first kappa shape index (κ1) is 32.4. The molecule has 0 saturated carbocycles. The van der Waals surface area contributed by atoms with Crippen molar-refractivity contribution in [2.45, 2.75) is 14.7 Å². The minimum Gasteiger partial charge on any atom is -0.269 e. The molecule has 0 aliphatic rings. The fourth-order valence-corrected chi connectivity index (χ4v) is 4.84. The highest BCUT2D eigenvalue weighted by Crippen LogP contribution is 2.24. The van der Waals surface area contributed by atoms with Crippen LogP contribution in [0.1, 0.15) is 0 Å². The van der Waals surface area contributed by atoms with Crippen molar-refractivity contribution < 1.29 is 14.1 Å². The number of halogens is 6. The second-order valence-corrected chi connectivity index (χ2v) is 10.0. The molecule has 0 unspecified atom stereocenters. The Morgan fingerprint density at radius 2 is 0.556 bits per heavy atom. The second kappa shape index (κ2) is 23.0. The van der Waals surface area contributed by atoms with Crippen molar-refractivity contribution in [3.05, 3.63) is 91.0 Å². The highest BCUT2D eigenvalue weighted by atomic mass is 127. The zero-order valence-electron chi connectivity index (χ0n) is 13.7. The molecule has 0 radical (unpaired) electrons. The lowest BCUT2D eigenvalue weighted by atomic mass is 10.4. The Labute approximate surface area is 207 Å². The van der Waals surface area contributed by atoms with E-state index in [0.717, 1.165) is 0 Å². The van der Waals surface area contributed by atoms with Gasteiger partial charge >= 0.3 is 0 Å². The van der Waals surface area contributed by atoms with Crippen molar-refractivity contribution in [1.82, 2.24) is 0 Å². The molecule has 0 heterocycles. The van der Waals surface area contributed by atoms with Crippen molar-refractivity contribution in [2.75, 3.05) is 0 Å². The SMILES string of the molecule is F.F.F.ISc1ccccc1.ISc1ccccc1.ISc1ccccc1. The van der Waals surface area contributed by atoms with Crippen molar-refractivity contribution >= 4 is 90.4 Å². The van der Waals surface area contributed by atoms with E-state index in [1.807, 2.05) is 54.6 Å². The third kappa shape index (κ3) is 17.3. The molecule has 27 heavy (non-hydrogen) atoms. The van der Waals surface area contributed by atoms with E-state index in [1.54, 1.807) is 26.8 Å².